The molecule has 0 saturated carbocycles. The van der Waals surface area contributed by atoms with E-state index < -0.39 is 0 Å². The van der Waals surface area contributed by atoms with Gasteiger partial charge in [0.05, 0.1) is 0 Å². The van der Waals surface area contributed by atoms with Crippen molar-refractivity contribution in [3.8, 4) is 0 Å². The minimum Gasteiger partial charge on any atom is -0.334 e. The van der Waals surface area contributed by atoms with E-state index in [1.165, 1.54) is 0 Å². The van der Waals surface area contributed by atoms with Gasteiger partial charge in [0.1, 0.15) is 5.82 Å². The minimum atomic E-state index is -0.310. The van der Waals surface area contributed by atoms with Crippen LogP contribution in [0.2, 0.25) is 5.02 Å². The lowest BCUT2D eigenvalue weighted by atomic mass is 10.2. The second kappa shape index (κ2) is 6.54. The van der Waals surface area contributed by atoms with Crippen molar-refractivity contribution < 1.29 is 4.79 Å². The molecule has 1 aromatic carbocycles. The van der Waals surface area contributed by atoms with Gasteiger partial charge >= 0.3 is 6.03 Å². The first-order valence-corrected chi connectivity index (χ1v) is 6.71. The molecule has 0 atom stereocenters. The molecule has 0 fully saturated rings. The van der Waals surface area contributed by atoms with Gasteiger partial charge in [-0.25, -0.2) is 9.78 Å². The molecule has 6 heteroatoms. The summed E-state index contributed by atoms with van der Waals surface area (Å²) in [6, 6.07) is 10.5. The molecule has 4 nitrogen and oxygen atoms in total. The summed E-state index contributed by atoms with van der Waals surface area (Å²) in [5, 5.41) is 6.02. The summed E-state index contributed by atoms with van der Waals surface area (Å²) in [6.07, 6.45) is 1.62. The molecule has 2 amide bonds. The van der Waals surface area contributed by atoms with E-state index in [0.717, 1.165) is 10.0 Å². The Kier molecular flexibility index (Phi) is 4.76. The number of hydrogen-bond donors (Lipinski definition) is 2. The molecule has 98 valence electrons. The van der Waals surface area contributed by atoms with Crippen LogP contribution in [0.4, 0.5) is 10.6 Å². The standard InChI is InChI=1S/C13H11BrClN3O/c14-10-4-5-12(16-8-10)18-13(19)17-7-9-2-1-3-11(15)6-9/h1-6,8H,7H2,(H2,16,17,18,19). The van der Waals surface area contributed by atoms with Gasteiger partial charge in [0.2, 0.25) is 0 Å². The van der Waals surface area contributed by atoms with E-state index in [0.29, 0.717) is 17.4 Å². The van der Waals surface area contributed by atoms with Crippen LogP contribution in [0.25, 0.3) is 0 Å². The monoisotopic (exact) mass is 339 g/mol. The number of benzene rings is 1. The maximum Gasteiger partial charge on any atom is 0.320 e. The first kappa shape index (κ1) is 13.8. The average Bonchev–Trinajstić information content (AvgIpc) is 2.39. The third-order valence-corrected chi connectivity index (χ3v) is 3.02. The molecule has 0 radical (unpaired) electrons. The maximum absolute atomic E-state index is 11.6. The third kappa shape index (κ3) is 4.54. The molecule has 0 aliphatic rings. The van der Waals surface area contributed by atoms with Crippen molar-refractivity contribution in [1.82, 2.24) is 10.3 Å². The fraction of sp³-hybridized carbons (Fsp3) is 0.0769. The van der Waals surface area contributed by atoms with Crippen molar-refractivity contribution >= 4 is 39.4 Å². The van der Waals surface area contributed by atoms with Crippen molar-refractivity contribution in [2.24, 2.45) is 0 Å². The van der Waals surface area contributed by atoms with Crippen LogP contribution < -0.4 is 10.6 Å². The highest BCUT2D eigenvalue weighted by Crippen LogP contribution is 2.11. The van der Waals surface area contributed by atoms with Gasteiger partial charge in [-0.1, -0.05) is 23.7 Å². The molecule has 2 N–H and O–H groups in total. The number of urea groups is 1. The number of anilines is 1. The van der Waals surface area contributed by atoms with Crippen molar-refractivity contribution in [3.63, 3.8) is 0 Å². The van der Waals surface area contributed by atoms with E-state index in [2.05, 4.69) is 31.5 Å². The summed E-state index contributed by atoms with van der Waals surface area (Å²) in [6.45, 7) is 0.406. The second-order valence-electron chi connectivity index (χ2n) is 3.80. The Morgan fingerprint density at radius 3 is 2.84 bits per heavy atom. The highest BCUT2D eigenvalue weighted by Gasteiger charge is 2.02. The number of hydrogen-bond acceptors (Lipinski definition) is 2. The van der Waals surface area contributed by atoms with Crippen LogP contribution in [-0.4, -0.2) is 11.0 Å². The highest BCUT2D eigenvalue weighted by atomic mass is 79.9. The molecule has 0 saturated heterocycles. The zero-order valence-electron chi connectivity index (χ0n) is 9.86. The average molecular weight is 341 g/mol. The number of carbonyl (C=O) groups is 1. The number of aromatic nitrogens is 1. The second-order valence-corrected chi connectivity index (χ2v) is 5.15. The SMILES string of the molecule is O=C(NCc1cccc(Cl)c1)Nc1ccc(Br)cn1. The number of halogens is 2. The van der Waals surface area contributed by atoms with Crippen LogP contribution in [0, 0.1) is 0 Å². The Hall–Kier alpha value is -1.59. The van der Waals surface area contributed by atoms with Gasteiger partial charge in [-0.3, -0.25) is 5.32 Å². The highest BCUT2D eigenvalue weighted by molar-refractivity contribution is 9.10. The Balaban J connectivity index is 1.86. The zero-order valence-corrected chi connectivity index (χ0v) is 12.2. The Morgan fingerprint density at radius 2 is 2.16 bits per heavy atom. The molecule has 1 aromatic heterocycles. The number of nitrogens with one attached hydrogen (secondary N) is 2. The Labute approximate surface area is 124 Å². The summed E-state index contributed by atoms with van der Waals surface area (Å²) >= 11 is 9.14. The van der Waals surface area contributed by atoms with Crippen LogP contribution >= 0.6 is 27.5 Å². The van der Waals surface area contributed by atoms with Gasteiger partial charge in [-0.2, -0.15) is 0 Å². The van der Waals surface area contributed by atoms with Gasteiger partial charge in [-0.05, 0) is 45.8 Å². The van der Waals surface area contributed by atoms with E-state index in [-0.39, 0.29) is 6.03 Å². The van der Waals surface area contributed by atoms with E-state index in [1.807, 2.05) is 12.1 Å². The summed E-state index contributed by atoms with van der Waals surface area (Å²) < 4.78 is 0.859. The summed E-state index contributed by atoms with van der Waals surface area (Å²) in [4.78, 5) is 15.7. The first-order valence-electron chi connectivity index (χ1n) is 5.54. The van der Waals surface area contributed by atoms with Crippen molar-refractivity contribution in [2.45, 2.75) is 6.54 Å². The van der Waals surface area contributed by atoms with Gasteiger partial charge < -0.3 is 5.32 Å². The quantitative estimate of drug-likeness (QED) is 0.892. The largest absolute Gasteiger partial charge is 0.334 e. The van der Waals surface area contributed by atoms with Crippen LogP contribution in [0.3, 0.4) is 0 Å². The van der Waals surface area contributed by atoms with Crippen molar-refractivity contribution in [2.75, 3.05) is 5.32 Å². The molecule has 0 spiro atoms. The smallest absolute Gasteiger partial charge is 0.320 e. The summed E-state index contributed by atoms with van der Waals surface area (Å²) in [5.41, 5.74) is 0.936. The first-order chi connectivity index (χ1) is 9.13. The molecule has 2 aromatic rings. The molecule has 0 aliphatic heterocycles. The van der Waals surface area contributed by atoms with Gasteiger partial charge in [0, 0.05) is 22.2 Å². The van der Waals surface area contributed by atoms with Crippen LogP contribution in [-0.2, 0) is 6.54 Å². The van der Waals surface area contributed by atoms with Gasteiger partial charge in [0.15, 0.2) is 0 Å². The predicted octanol–water partition coefficient (Wildman–Crippen LogP) is 3.82. The number of amides is 2. The van der Waals surface area contributed by atoms with Crippen LogP contribution in [0.1, 0.15) is 5.56 Å². The number of rotatable bonds is 3. The molecule has 2 rings (SSSR count). The van der Waals surface area contributed by atoms with E-state index in [4.69, 9.17) is 11.6 Å². The maximum atomic E-state index is 11.6. The Bertz CT molecular complexity index is 574. The molecular weight excluding hydrogens is 330 g/mol. The van der Waals surface area contributed by atoms with E-state index in [9.17, 15) is 4.79 Å². The molecular formula is C13H11BrClN3O. The lowest BCUT2D eigenvalue weighted by molar-refractivity contribution is 0.251. The van der Waals surface area contributed by atoms with Crippen molar-refractivity contribution in [3.05, 3.63) is 57.7 Å². The summed E-state index contributed by atoms with van der Waals surface area (Å²) in [7, 11) is 0. The minimum absolute atomic E-state index is 0.310. The molecule has 0 unspecified atom stereocenters. The molecule has 1 heterocycles. The van der Waals surface area contributed by atoms with E-state index >= 15 is 0 Å². The van der Waals surface area contributed by atoms with Crippen LogP contribution in [0.5, 0.6) is 0 Å². The summed E-state index contributed by atoms with van der Waals surface area (Å²) in [5.74, 6) is 0.492. The topological polar surface area (TPSA) is 54.0 Å². The van der Waals surface area contributed by atoms with Gasteiger partial charge in [0.25, 0.3) is 0 Å². The van der Waals surface area contributed by atoms with Crippen LogP contribution in [0.15, 0.2) is 47.1 Å². The number of carbonyl (C=O) groups excluding carboxylic acids is 1. The lowest BCUT2D eigenvalue weighted by Crippen LogP contribution is -2.28. The molecule has 0 bridgehead atoms. The predicted molar refractivity (Wildman–Crippen MR) is 79.2 cm³/mol. The fourth-order valence-electron chi connectivity index (χ4n) is 1.44. The van der Waals surface area contributed by atoms with E-state index in [1.54, 1.807) is 30.5 Å². The molecule has 19 heavy (non-hydrogen) atoms. The zero-order chi connectivity index (χ0) is 13.7. The molecule has 0 aliphatic carbocycles. The van der Waals surface area contributed by atoms with Gasteiger partial charge in [-0.15, -0.1) is 0 Å². The third-order valence-electron chi connectivity index (χ3n) is 2.31. The van der Waals surface area contributed by atoms with Crippen molar-refractivity contribution in [1.29, 1.82) is 0 Å². The lowest BCUT2D eigenvalue weighted by Gasteiger charge is -2.07. The number of nitrogens with zero attached hydrogens (tertiary/aromatic N) is 1. The Morgan fingerprint density at radius 1 is 1.32 bits per heavy atom. The number of pyridine rings is 1. The fourth-order valence-corrected chi connectivity index (χ4v) is 1.89. The normalized spacial score (nSPS) is 10.0.